The summed E-state index contributed by atoms with van der Waals surface area (Å²) in [5.41, 5.74) is 14.3. The number of benzene rings is 5. The van der Waals surface area contributed by atoms with E-state index in [0.29, 0.717) is 0 Å². The van der Waals surface area contributed by atoms with Gasteiger partial charge in [-0.3, -0.25) is 0 Å². The van der Waals surface area contributed by atoms with Gasteiger partial charge in [0.15, 0.2) is 0 Å². The van der Waals surface area contributed by atoms with E-state index in [2.05, 4.69) is 164 Å². The third-order valence-electron chi connectivity index (χ3n) is 7.74. The molecule has 0 spiro atoms. The van der Waals surface area contributed by atoms with Crippen molar-refractivity contribution in [1.29, 1.82) is 0 Å². The topological polar surface area (TPSA) is 28.1 Å². The average Bonchev–Trinajstić information content (AvgIpc) is 3.70. The molecule has 200 valence electrons. The van der Waals surface area contributed by atoms with Crippen LogP contribution in [-0.2, 0) is 0 Å². The Morgan fingerprint density at radius 2 is 1.07 bits per heavy atom. The van der Waals surface area contributed by atoms with E-state index < -0.39 is 0 Å². The Morgan fingerprint density at radius 3 is 1.67 bits per heavy atom. The molecule has 0 atom stereocenters. The maximum absolute atomic E-state index is 5.39. The van der Waals surface area contributed by atoms with Crippen LogP contribution in [0.1, 0.15) is 27.9 Å². The molecule has 0 fully saturated rings. The smallest absolute Gasteiger partial charge is 0.0815 e. The number of hydrogen-bond donors (Lipinski definition) is 1. The lowest BCUT2D eigenvalue weighted by molar-refractivity contribution is 1.31. The number of hydrogen-bond acceptors (Lipinski definition) is 1. The fourth-order valence-corrected chi connectivity index (χ4v) is 5.59. The van der Waals surface area contributed by atoms with Crippen LogP contribution in [0.4, 0.5) is 0 Å². The lowest BCUT2D eigenvalue weighted by Gasteiger charge is -2.15. The highest BCUT2D eigenvalue weighted by molar-refractivity contribution is 6.20. The second kappa shape index (κ2) is 11.2. The number of aryl methyl sites for hydroxylation is 1. The molecule has 1 aliphatic heterocycles. The zero-order chi connectivity index (χ0) is 28.3. The largest absolute Gasteiger partial charge is 0.354 e. The van der Waals surface area contributed by atoms with Gasteiger partial charge in [0, 0.05) is 28.0 Å². The van der Waals surface area contributed by atoms with E-state index >= 15 is 0 Å². The van der Waals surface area contributed by atoms with Crippen molar-refractivity contribution in [2.75, 3.05) is 0 Å². The van der Waals surface area contributed by atoms with Gasteiger partial charge in [0.2, 0.25) is 0 Å². The number of aliphatic imine (C=N–C) groups is 1. The van der Waals surface area contributed by atoms with E-state index in [1.165, 1.54) is 5.56 Å². The highest BCUT2D eigenvalue weighted by atomic mass is 14.8. The van der Waals surface area contributed by atoms with Crippen molar-refractivity contribution in [2.45, 2.75) is 6.92 Å². The van der Waals surface area contributed by atoms with Gasteiger partial charge in [0.05, 0.1) is 17.1 Å². The molecule has 0 saturated heterocycles. The Labute approximate surface area is 247 Å². The third-order valence-corrected chi connectivity index (χ3v) is 7.74. The molecule has 0 radical (unpaired) electrons. The minimum absolute atomic E-state index is 0.961. The van der Waals surface area contributed by atoms with Gasteiger partial charge in [-0.05, 0) is 41.3 Å². The molecule has 0 bridgehead atoms. The third kappa shape index (κ3) is 4.95. The maximum Gasteiger partial charge on any atom is 0.0815 e. The molecule has 1 N–H and O–H groups in total. The van der Waals surface area contributed by atoms with Gasteiger partial charge < -0.3 is 4.98 Å². The molecule has 2 nitrogen and oxygen atoms in total. The molecule has 5 aromatic carbocycles. The van der Waals surface area contributed by atoms with Crippen LogP contribution in [0.25, 0.3) is 33.5 Å². The van der Waals surface area contributed by atoms with Crippen LogP contribution in [0.15, 0.2) is 168 Å². The normalized spacial score (nSPS) is 13.9. The first-order valence-electron chi connectivity index (χ1n) is 14.3. The fraction of sp³-hybridized carbons (Fsp3) is 0.0250. The molecular weight excluding hydrogens is 508 g/mol. The summed E-state index contributed by atoms with van der Waals surface area (Å²) < 4.78 is 0. The van der Waals surface area contributed by atoms with Crippen LogP contribution in [0.5, 0.6) is 0 Å². The number of nitrogens with zero attached hydrogens (tertiary/aromatic N) is 1. The van der Waals surface area contributed by atoms with E-state index in [4.69, 9.17) is 4.99 Å². The standard InChI is InChI=1S/C40H30N2/c1-28-22-24-33(25-23-28)38(39-34(29-14-6-2-7-15-29)26-36(41-39)31-18-10-4-11-19-31)40-35(30-16-8-3-9-17-30)27-37(42-40)32-20-12-5-13-21-32/h2-27,41H,1H3. The van der Waals surface area contributed by atoms with Crippen molar-refractivity contribution in [1.82, 2.24) is 4.98 Å². The minimum atomic E-state index is 0.961. The van der Waals surface area contributed by atoms with Crippen molar-refractivity contribution in [2.24, 2.45) is 4.99 Å². The quantitative estimate of drug-likeness (QED) is 0.219. The number of H-pyrrole nitrogens is 1. The molecule has 2 heterocycles. The second-order valence-corrected chi connectivity index (χ2v) is 10.6. The Morgan fingerprint density at radius 1 is 0.548 bits per heavy atom. The molecule has 0 saturated carbocycles. The van der Waals surface area contributed by atoms with Gasteiger partial charge in [-0.25, -0.2) is 4.99 Å². The van der Waals surface area contributed by atoms with Gasteiger partial charge in [-0.15, -0.1) is 0 Å². The number of rotatable bonds is 6. The van der Waals surface area contributed by atoms with Gasteiger partial charge >= 0.3 is 0 Å². The van der Waals surface area contributed by atoms with Crippen molar-refractivity contribution in [3.05, 3.63) is 191 Å². The van der Waals surface area contributed by atoms with Gasteiger partial charge in [-0.1, -0.05) is 151 Å². The van der Waals surface area contributed by atoms with Crippen LogP contribution in [-0.4, -0.2) is 10.7 Å². The molecule has 6 aromatic rings. The van der Waals surface area contributed by atoms with Gasteiger partial charge in [0.25, 0.3) is 0 Å². The highest BCUT2D eigenvalue weighted by Crippen LogP contribution is 2.43. The minimum Gasteiger partial charge on any atom is -0.354 e. The fourth-order valence-electron chi connectivity index (χ4n) is 5.59. The van der Waals surface area contributed by atoms with Crippen molar-refractivity contribution in [3.63, 3.8) is 0 Å². The first kappa shape index (κ1) is 25.5. The van der Waals surface area contributed by atoms with E-state index in [9.17, 15) is 0 Å². The van der Waals surface area contributed by atoms with Crippen molar-refractivity contribution < 1.29 is 0 Å². The first-order valence-corrected chi connectivity index (χ1v) is 14.3. The number of nitrogens with one attached hydrogen (secondary N) is 1. The second-order valence-electron chi connectivity index (χ2n) is 10.6. The lowest BCUT2D eigenvalue weighted by atomic mass is 9.91. The molecule has 42 heavy (non-hydrogen) atoms. The average molecular weight is 539 g/mol. The molecule has 0 amide bonds. The van der Waals surface area contributed by atoms with E-state index in [1.54, 1.807) is 0 Å². The van der Waals surface area contributed by atoms with E-state index in [-0.39, 0.29) is 0 Å². The molecule has 1 aliphatic rings. The van der Waals surface area contributed by atoms with Crippen LogP contribution < -0.4 is 0 Å². The van der Waals surface area contributed by atoms with Crippen molar-refractivity contribution >= 4 is 16.9 Å². The Kier molecular flexibility index (Phi) is 6.79. The van der Waals surface area contributed by atoms with Gasteiger partial charge in [0.1, 0.15) is 0 Å². The van der Waals surface area contributed by atoms with E-state index in [1.807, 2.05) is 6.07 Å². The zero-order valence-electron chi connectivity index (χ0n) is 23.5. The van der Waals surface area contributed by atoms with Crippen LogP contribution in [0.2, 0.25) is 0 Å². The van der Waals surface area contributed by atoms with Crippen molar-refractivity contribution in [3.8, 4) is 22.4 Å². The Hall–Kier alpha value is -5.47. The summed E-state index contributed by atoms with van der Waals surface area (Å²) in [5.74, 6) is 0. The summed E-state index contributed by atoms with van der Waals surface area (Å²) in [5, 5.41) is 0. The molecule has 0 aliphatic carbocycles. The lowest BCUT2D eigenvalue weighted by Crippen LogP contribution is -1.98. The summed E-state index contributed by atoms with van der Waals surface area (Å²) in [4.78, 5) is 9.25. The summed E-state index contributed by atoms with van der Waals surface area (Å²) in [6.07, 6.45) is 2.23. The Balaban J connectivity index is 1.56. The Bertz CT molecular complexity index is 1930. The predicted octanol–water partition coefficient (Wildman–Crippen LogP) is 10.0. The summed E-state index contributed by atoms with van der Waals surface area (Å²) in [6.45, 7) is 2.13. The number of allylic oxidation sites excluding steroid dienone is 2. The zero-order valence-corrected chi connectivity index (χ0v) is 23.5. The van der Waals surface area contributed by atoms with Gasteiger partial charge in [-0.2, -0.15) is 0 Å². The highest BCUT2D eigenvalue weighted by Gasteiger charge is 2.26. The molecule has 1 aromatic heterocycles. The maximum atomic E-state index is 5.39. The number of aromatic nitrogens is 1. The summed E-state index contributed by atoms with van der Waals surface area (Å²) >= 11 is 0. The molecular formula is C40H30N2. The van der Waals surface area contributed by atoms with Crippen LogP contribution in [0.3, 0.4) is 0 Å². The van der Waals surface area contributed by atoms with Crippen LogP contribution >= 0.6 is 0 Å². The summed E-state index contributed by atoms with van der Waals surface area (Å²) in [6, 6.07) is 53.3. The molecule has 2 heteroatoms. The monoisotopic (exact) mass is 538 g/mol. The molecule has 0 unspecified atom stereocenters. The summed E-state index contributed by atoms with van der Waals surface area (Å²) in [7, 11) is 0. The SMILES string of the molecule is Cc1ccc(C(=C2N=C(c3ccccc3)C=C2c2ccccc2)c2[nH]c(-c3ccccc3)cc2-c2ccccc2)cc1. The van der Waals surface area contributed by atoms with E-state index in [0.717, 1.165) is 67.3 Å². The van der Waals surface area contributed by atoms with Crippen LogP contribution in [0, 0.1) is 6.92 Å². The first-order chi connectivity index (χ1) is 20.7. The molecule has 7 rings (SSSR count). The predicted molar refractivity (Wildman–Crippen MR) is 176 cm³/mol. The number of aromatic amines is 1.